The summed E-state index contributed by atoms with van der Waals surface area (Å²) in [6.07, 6.45) is -0.567. The van der Waals surface area contributed by atoms with Crippen LogP contribution in [0.15, 0.2) is 60.7 Å². The summed E-state index contributed by atoms with van der Waals surface area (Å²) >= 11 is 2.88. The zero-order chi connectivity index (χ0) is 21.8. The first-order chi connectivity index (χ1) is 15.1. The Bertz CT molecular complexity index is 943. The quantitative estimate of drug-likeness (QED) is 0.735. The van der Waals surface area contributed by atoms with E-state index in [1.54, 1.807) is 0 Å². The Morgan fingerprint density at radius 1 is 0.968 bits per heavy atom. The van der Waals surface area contributed by atoms with Crippen molar-refractivity contribution < 1.29 is 24.2 Å². The van der Waals surface area contributed by atoms with Crippen LogP contribution in [0.1, 0.15) is 16.5 Å². The van der Waals surface area contributed by atoms with Crippen molar-refractivity contribution in [2.24, 2.45) is 0 Å². The number of rotatable bonds is 5. The van der Waals surface area contributed by atoms with E-state index in [0.717, 1.165) is 11.1 Å². The van der Waals surface area contributed by atoms with Crippen molar-refractivity contribution in [3.8, 4) is 0 Å². The molecule has 3 atom stereocenters. The molecule has 2 heterocycles. The van der Waals surface area contributed by atoms with Gasteiger partial charge in [0.2, 0.25) is 5.91 Å². The number of hydrogen-bond donors (Lipinski definition) is 1. The van der Waals surface area contributed by atoms with Crippen LogP contribution in [0.3, 0.4) is 0 Å². The number of thioether (sulfide) groups is 2. The van der Waals surface area contributed by atoms with Crippen LogP contribution in [-0.4, -0.2) is 62.3 Å². The van der Waals surface area contributed by atoms with E-state index in [2.05, 4.69) is 0 Å². The summed E-state index contributed by atoms with van der Waals surface area (Å²) in [5.41, 5.74) is 1.73. The van der Waals surface area contributed by atoms with Crippen molar-refractivity contribution >= 4 is 41.5 Å². The molecule has 2 aromatic carbocycles. The van der Waals surface area contributed by atoms with Crippen molar-refractivity contribution in [1.82, 2.24) is 9.80 Å². The zero-order valence-electron chi connectivity index (χ0n) is 16.6. The highest BCUT2D eigenvalue weighted by molar-refractivity contribution is 8.00. The minimum Gasteiger partial charge on any atom is -0.480 e. The van der Waals surface area contributed by atoms with Crippen molar-refractivity contribution in [2.45, 2.75) is 24.1 Å². The van der Waals surface area contributed by atoms with Crippen LogP contribution in [0.5, 0.6) is 0 Å². The molecule has 0 aromatic heterocycles. The van der Waals surface area contributed by atoms with E-state index in [-0.39, 0.29) is 12.5 Å². The zero-order valence-corrected chi connectivity index (χ0v) is 18.3. The average molecular weight is 459 g/mol. The minimum absolute atomic E-state index is 0.117. The predicted octanol–water partition coefficient (Wildman–Crippen LogP) is 3.43. The number of benzene rings is 2. The Labute approximate surface area is 188 Å². The van der Waals surface area contributed by atoms with Gasteiger partial charge in [-0.05, 0) is 11.1 Å². The highest BCUT2D eigenvalue weighted by Gasteiger charge is 2.47. The van der Waals surface area contributed by atoms with E-state index in [4.69, 9.17) is 4.74 Å². The SMILES string of the molecule is O=C(O)[C@@H]1CSC(c2ccccc2)N1C(=O)[C@@H]1CSCN1C(=O)OCc1ccccc1. The third-order valence-electron chi connectivity index (χ3n) is 5.23. The second kappa shape index (κ2) is 9.65. The number of amides is 2. The lowest BCUT2D eigenvalue weighted by molar-refractivity contribution is -0.150. The van der Waals surface area contributed by atoms with Crippen molar-refractivity contribution in [2.75, 3.05) is 17.4 Å². The number of ether oxygens (including phenoxy) is 1. The molecular weight excluding hydrogens is 436 g/mol. The molecule has 2 aromatic rings. The lowest BCUT2D eigenvalue weighted by atomic mass is 10.1. The molecule has 2 saturated heterocycles. The third kappa shape index (κ3) is 4.67. The van der Waals surface area contributed by atoms with E-state index in [9.17, 15) is 19.5 Å². The molecule has 9 heteroatoms. The lowest BCUT2D eigenvalue weighted by Gasteiger charge is -2.32. The van der Waals surface area contributed by atoms with Crippen LogP contribution in [-0.2, 0) is 20.9 Å². The monoisotopic (exact) mass is 458 g/mol. The van der Waals surface area contributed by atoms with Crippen LogP contribution >= 0.6 is 23.5 Å². The van der Waals surface area contributed by atoms with Gasteiger partial charge in [-0.25, -0.2) is 9.59 Å². The third-order valence-corrected chi connectivity index (χ3v) is 7.57. The first kappa shape index (κ1) is 21.6. The molecule has 2 aliphatic rings. The van der Waals surface area contributed by atoms with Gasteiger partial charge < -0.3 is 14.7 Å². The fourth-order valence-corrected chi connectivity index (χ4v) is 6.20. The fraction of sp³-hybridized carbons (Fsp3) is 0.318. The maximum atomic E-state index is 13.5. The van der Waals surface area contributed by atoms with Gasteiger partial charge in [0, 0.05) is 11.5 Å². The van der Waals surface area contributed by atoms with Gasteiger partial charge in [-0.1, -0.05) is 60.7 Å². The number of carbonyl (C=O) groups is 3. The molecule has 0 radical (unpaired) electrons. The summed E-state index contributed by atoms with van der Waals surface area (Å²) in [7, 11) is 0. The molecule has 0 saturated carbocycles. The first-order valence-electron chi connectivity index (χ1n) is 9.83. The van der Waals surface area contributed by atoms with E-state index in [1.807, 2.05) is 60.7 Å². The Morgan fingerprint density at radius 2 is 1.65 bits per heavy atom. The van der Waals surface area contributed by atoms with Gasteiger partial charge in [-0.15, -0.1) is 23.5 Å². The van der Waals surface area contributed by atoms with Crippen LogP contribution in [0.2, 0.25) is 0 Å². The van der Waals surface area contributed by atoms with Crippen molar-refractivity contribution in [3.05, 3.63) is 71.8 Å². The number of nitrogens with zero attached hydrogens (tertiary/aromatic N) is 2. The van der Waals surface area contributed by atoms with Gasteiger partial charge in [-0.3, -0.25) is 9.69 Å². The van der Waals surface area contributed by atoms with E-state index in [0.29, 0.717) is 17.4 Å². The topological polar surface area (TPSA) is 87.2 Å². The highest BCUT2D eigenvalue weighted by Crippen LogP contribution is 2.42. The molecule has 2 aliphatic heterocycles. The Kier molecular flexibility index (Phi) is 6.72. The van der Waals surface area contributed by atoms with Gasteiger partial charge in [0.25, 0.3) is 0 Å². The molecule has 0 aliphatic carbocycles. The molecule has 1 unspecified atom stereocenters. The molecule has 4 rings (SSSR count). The molecule has 2 amide bonds. The molecule has 31 heavy (non-hydrogen) atoms. The number of carbonyl (C=O) groups excluding carboxylic acids is 2. The number of hydrogen-bond acceptors (Lipinski definition) is 6. The number of aliphatic carboxylic acids is 1. The normalized spacial score (nSPS) is 23.0. The molecular formula is C22H22N2O5S2. The minimum atomic E-state index is -1.04. The van der Waals surface area contributed by atoms with Crippen LogP contribution in [0.25, 0.3) is 0 Å². The molecule has 0 bridgehead atoms. The van der Waals surface area contributed by atoms with E-state index >= 15 is 0 Å². The summed E-state index contributed by atoms with van der Waals surface area (Å²) in [5, 5.41) is 9.31. The van der Waals surface area contributed by atoms with Crippen LogP contribution < -0.4 is 0 Å². The summed E-state index contributed by atoms with van der Waals surface area (Å²) in [6.45, 7) is 0.117. The second-order valence-electron chi connectivity index (χ2n) is 7.22. The maximum absolute atomic E-state index is 13.5. The van der Waals surface area contributed by atoms with Gasteiger partial charge in [0.15, 0.2) is 0 Å². The standard InChI is InChI=1S/C22H22N2O5S2/c25-19(24-18(21(26)27)13-31-20(24)16-9-5-2-6-10-16)17-12-30-14-23(17)22(28)29-11-15-7-3-1-4-8-15/h1-10,17-18,20H,11-14H2,(H,26,27)/t17-,18-,20?/m0/s1. The highest BCUT2D eigenvalue weighted by atomic mass is 32.2. The summed E-state index contributed by atoms with van der Waals surface area (Å²) in [6, 6.07) is 17.0. The van der Waals surface area contributed by atoms with E-state index in [1.165, 1.54) is 33.3 Å². The average Bonchev–Trinajstić information content (AvgIpc) is 3.46. The fourth-order valence-electron chi connectivity index (χ4n) is 3.64. The summed E-state index contributed by atoms with van der Waals surface area (Å²) in [5.74, 6) is -0.345. The van der Waals surface area contributed by atoms with Gasteiger partial charge in [-0.2, -0.15) is 0 Å². The smallest absolute Gasteiger partial charge is 0.411 e. The van der Waals surface area contributed by atoms with Gasteiger partial charge in [0.1, 0.15) is 24.1 Å². The van der Waals surface area contributed by atoms with Gasteiger partial charge in [0.05, 0.1) is 5.88 Å². The van der Waals surface area contributed by atoms with Crippen molar-refractivity contribution in [3.63, 3.8) is 0 Å². The van der Waals surface area contributed by atoms with E-state index < -0.39 is 29.5 Å². The summed E-state index contributed by atoms with van der Waals surface area (Å²) < 4.78 is 5.42. The largest absolute Gasteiger partial charge is 0.480 e. The molecule has 1 N–H and O–H groups in total. The van der Waals surface area contributed by atoms with Gasteiger partial charge >= 0.3 is 12.1 Å². The Morgan fingerprint density at radius 3 is 2.32 bits per heavy atom. The molecule has 7 nitrogen and oxygen atoms in total. The Hall–Kier alpha value is -2.65. The first-order valence-corrected chi connectivity index (χ1v) is 12.0. The summed E-state index contributed by atoms with van der Waals surface area (Å²) in [4.78, 5) is 40.9. The van der Waals surface area contributed by atoms with Crippen LogP contribution in [0, 0.1) is 0 Å². The number of carboxylic acid groups (broad SMARTS) is 1. The van der Waals surface area contributed by atoms with Crippen molar-refractivity contribution in [1.29, 1.82) is 0 Å². The predicted molar refractivity (Wildman–Crippen MR) is 119 cm³/mol. The lowest BCUT2D eigenvalue weighted by Crippen LogP contribution is -2.53. The molecule has 2 fully saturated rings. The molecule has 0 spiro atoms. The van der Waals surface area contributed by atoms with Crippen LogP contribution in [0.4, 0.5) is 4.79 Å². The number of carboxylic acids is 1. The second-order valence-corrected chi connectivity index (χ2v) is 9.33. The molecule has 162 valence electrons. The Balaban J connectivity index is 1.51. The maximum Gasteiger partial charge on any atom is 0.411 e.